The summed E-state index contributed by atoms with van der Waals surface area (Å²) in [5.74, 6) is -2.47. The first-order valence-electron chi connectivity index (χ1n) is 10.5. The highest BCUT2D eigenvalue weighted by Crippen LogP contribution is 2.55. The lowest BCUT2D eigenvalue weighted by molar-refractivity contribution is -0.125. The Bertz CT molecular complexity index is 1320. The van der Waals surface area contributed by atoms with Crippen molar-refractivity contribution in [3.8, 4) is 6.07 Å². The van der Waals surface area contributed by atoms with Gasteiger partial charge >= 0.3 is 0 Å². The van der Waals surface area contributed by atoms with Crippen LogP contribution in [0, 0.1) is 22.6 Å². The Hall–Kier alpha value is -4.31. The van der Waals surface area contributed by atoms with Gasteiger partial charge in [-0.25, -0.2) is 4.39 Å². The van der Waals surface area contributed by atoms with Gasteiger partial charge in [-0.05, 0) is 53.6 Å². The third-order valence-corrected chi connectivity index (χ3v) is 6.60. The smallest absolute Gasteiger partial charge is 0.241 e. The van der Waals surface area contributed by atoms with Gasteiger partial charge in [0.2, 0.25) is 5.91 Å². The van der Waals surface area contributed by atoms with Crippen molar-refractivity contribution >= 4 is 23.5 Å². The minimum absolute atomic E-state index is 0.282. The third-order valence-electron chi connectivity index (χ3n) is 6.60. The number of ketones is 1. The largest absolute Gasteiger partial charge is 0.368 e. The number of hydrogen-bond acceptors (Lipinski definition) is 5. The Labute approximate surface area is 189 Å². The fourth-order valence-electron chi connectivity index (χ4n) is 5.16. The molecule has 2 N–H and O–H groups in total. The van der Waals surface area contributed by atoms with E-state index in [-0.39, 0.29) is 11.3 Å². The summed E-state index contributed by atoms with van der Waals surface area (Å²) in [5, 5.41) is 10.4. The molecule has 0 radical (unpaired) electrons. The zero-order valence-corrected chi connectivity index (χ0v) is 17.4. The highest BCUT2D eigenvalue weighted by atomic mass is 19.1. The molecule has 2 aliphatic rings. The van der Waals surface area contributed by atoms with Gasteiger partial charge in [0, 0.05) is 29.6 Å². The number of nitriles is 1. The number of fused-ring (bicyclic) bond motifs is 3. The quantitative estimate of drug-likeness (QED) is 0.629. The number of carbonyl (C=O) groups excluding carboxylic acids is 2. The van der Waals surface area contributed by atoms with Gasteiger partial charge in [-0.2, -0.15) is 5.26 Å². The minimum atomic E-state index is -1.72. The Morgan fingerprint density at radius 1 is 1.06 bits per heavy atom. The normalized spacial score (nSPS) is 25.1. The van der Waals surface area contributed by atoms with Gasteiger partial charge < -0.3 is 10.6 Å². The molecule has 3 heterocycles. The van der Waals surface area contributed by atoms with Crippen LogP contribution < -0.4 is 10.6 Å². The van der Waals surface area contributed by atoms with E-state index in [1.54, 1.807) is 30.6 Å². The van der Waals surface area contributed by atoms with E-state index in [0.717, 1.165) is 11.3 Å². The molecule has 5 rings (SSSR count). The van der Waals surface area contributed by atoms with Crippen LogP contribution in [-0.2, 0) is 4.79 Å². The number of anilines is 1. The number of hydrogen-bond donors (Lipinski definition) is 1. The van der Waals surface area contributed by atoms with Crippen molar-refractivity contribution in [3.05, 3.63) is 102 Å². The predicted octanol–water partition coefficient (Wildman–Crippen LogP) is 3.47. The van der Waals surface area contributed by atoms with Gasteiger partial charge in [-0.15, -0.1) is 0 Å². The fourth-order valence-corrected chi connectivity index (χ4v) is 5.16. The number of aromatic nitrogens is 1. The van der Waals surface area contributed by atoms with Gasteiger partial charge in [0.15, 0.2) is 11.2 Å². The molecule has 0 spiro atoms. The van der Waals surface area contributed by atoms with Gasteiger partial charge in [-0.1, -0.05) is 30.4 Å². The van der Waals surface area contributed by atoms with Crippen molar-refractivity contribution in [1.29, 1.82) is 5.26 Å². The number of halogens is 1. The Morgan fingerprint density at radius 2 is 1.76 bits per heavy atom. The van der Waals surface area contributed by atoms with Crippen LogP contribution in [-0.4, -0.2) is 28.8 Å². The second-order valence-corrected chi connectivity index (χ2v) is 8.19. The number of amides is 1. The lowest BCUT2D eigenvalue weighted by Crippen LogP contribution is -2.49. The molecule has 0 aliphatic carbocycles. The summed E-state index contributed by atoms with van der Waals surface area (Å²) >= 11 is 0. The zero-order valence-electron chi connectivity index (χ0n) is 17.4. The fraction of sp³-hybridized carbons (Fsp3) is 0.154. The van der Waals surface area contributed by atoms with Gasteiger partial charge in [-0.3, -0.25) is 14.6 Å². The molecule has 4 atom stereocenters. The number of benzene rings is 2. The van der Waals surface area contributed by atoms with Crippen molar-refractivity contribution in [2.24, 2.45) is 11.1 Å². The lowest BCUT2D eigenvalue weighted by atomic mass is 9.67. The number of Topliss-reactive ketones (excluding diaryl/α,β-unsaturated/α-hetero) is 1. The first-order chi connectivity index (χ1) is 16.0. The molecule has 3 aromatic rings. The van der Waals surface area contributed by atoms with Crippen LogP contribution in [0.3, 0.4) is 0 Å². The molecule has 0 saturated carbocycles. The molecule has 33 heavy (non-hydrogen) atoms. The molecule has 6 nitrogen and oxygen atoms in total. The molecule has 4 unspecified atom stereocenters. The van der Waals surface area contributed by atoms with Crippen LogP contribution in [0.4, 0.5) is 10.1 Å². The molecule has 1 aromatic heterocycles. The maximum Gasteiger partial charge on any atom is 0.241 e. The number of nitrogens with zero attached hydrogens (tertiary/aromatic N) is 3. The van der Waals surface area contributed by atoms with E-state index >= 15 is 0 Å². The van der Waals surface area contributed by atoms with Crippen LogP contribution in [0.5, 0.6) is 0 Å². The first kappa shape index (κ1) is 20.6. The molecule has 2 aliphatic heterocycles. The van der Waals surface area contributed by atoms with Crippen LogP contribution in [0.2, 0.25) is 0 Å². The van der Waals surface area contributed by atoms with E-state index in [9.17, 15) is 19.2 Å². The van der Waals surface area contributed by atoms with Crippen LogP contribution in [0.15, 0.2) is 79.1 Å². The van der Waals surface area contributed by atoms with Crippen LogP contribution in [0.25, 0.3) is 6.08 Å². The third kappa shape index (κ3) is 2.95. The molecule has 0 bridgehead atoms. The lowest BCUT2D eigenvalue weighted by Gasteiger charge is -2.36. The van der Waals surface area contributed by atoms with E-state index in [2.05, 4.69) is 11.1 Å². The van der Waals surface area contributed by atoms with E-state index in [1.165, 1.54) is 24.3 Å². The molecule has 7 heteroatoms. The van der Waals surface area contributed by atoms with Gasteiger partial charge in [0.05, 0.1) is 12.1 Å². The second kappa shape index (κ2) is 7.68. The van der Waals surface area contributed by atoms with E-state index in [0.29, 0.717) is 5.56 Å². The highest BCUT2D eigenvalue weighted by Gasteiger charge is 2.65. The number of carbonyl (C=O) groups is 2. The molecule has 1 saturated heterocycles. The summed E-state index contributed by atoms with van der Waals surface area (Å²) in [6.07, 6.45) is 6.72. The van der Waals surface area contributed by atoms with Crippen LogP contribution in [0.1, 0.15) is 27.4 Å². The molecule has 1 amide bonds. The summed E-state index contributed by atoms with van der Waals surface area (Å²) in [5.41, 5.74) is 6.67. The van der Waals surface area contributed by atoms with Crippen molar-refractivity contribution in [2.75, 3.05) is 4.90 Å². The van der Waals surface area contributed by atoms with Crippen LogP contribution >= 0.6 is 0 Å². The Kier molecular flexibility index (Phi) is 4.79. The van der Waals surface area contributed by atoms with Crippen molar-refractivity contribution < 1.29 is 14.0 Å². The monoisotopic (exact) mass is 438 g/mol. The van der Waals surface area contributed by atoms with Gasteiger partial charge in [0.25, 0.3) is 0 Å². The first-order valence-corrected chi connectivity index (χ1v) is 10.5. The SMILES string of the molecule is N#CC1(C(N)=O)C(c2ccncc2)C(C(=O)c2ccc(F)cc2)N2c3ccccc3C=CC21. The summed E-state index contributed by atoms with van der Waals surface area (Å²) in [4.78, 5) is 32.9. The maximum atomic E-state index is 14.0. The zero-order chi connectivity index (χ0) is 23.2. The average Bonchev–Trinajstić information content (AvgIpc) is 3.16. The van der Waals surface area contributed by atoms with E-state index < -0.39 is 35.1 Å². The maximum absolute atomic E-state index is 14.0. The van der Waals surface area contributed by atoms with Crippen molar-refractivity contribution in [1.82, 2.24) is 4.98 Å². The second-order valence-electron chi connectivity index (χ2n) is 8.19. The van der Waals surface area contributed by atoms with E-state index in [1.807, 2.05) is 35.2 Å². The van der Waals surface area contributed by atoms with Gasteiger partial charge in [0.1, 0.15) is 11.9 Å². The summed E-state index contributed by atoms with van der Waals surface area (Å²) in [7, 11) is 0. The minimum Gasteiger partial charge on any atom is -0.368 e. The van der Waals surface area contributed by atoms with E-state index in [4.69, 9.17) is 5.73 Å². The standard InChI is InChI=1S/C26H19FN4O2/c27-19-8-5-18(6-9-19)24(32)23-22(17-11-13-30-14-12-17)26(15-28,25(29)33)21-10-7-16-3-1-2-4-20(16)31(21)23/h1-14,21-23H,(H2,29,33). The number of nitrogens with two attached hydrogens (primary N) is 1. The Balaban J connectivity index is 1.80. The Morgan fingerprint density at radius 3 is 2.42 bits per heavy atom. The predicted molar refractivity (Wildman–Crippen MR) is 120 cm³/mol. The molecule has 1 fully saturated rings. The topological polar surface area (TPSA) is 100 Å². The summed E-state index contributed by atoms with van der Waals surface area (Å²) in [6.45, 7) is 0. The number of rotatable bonds is 4. The molecular formula is C26H19FN4O2. The number of para-hydroxylation sites is 1. The average molecular weight is 438 g/mol. The molecule has 162 valence electrons. The van der Waals surface area contributed by atoms with Crippen molar-refractivity contribution in [3.63, 3.8) is 0 Å². The summed E-state index contributed by atoms with van der Waals surface area (Å²) in [6, 6.07) is 16.6. The highest BCUT2D eigenvalue weighted by molar-refractivity contribution is 6.06. The molecular weight excluding hydrogens is 419 g/mol. The number of pyridine rings is 1. The molecule has 2 aromatic carbocycles. The number of primary amides is 1. The van der Waals surface area contributed by atoms with Crippen molar-refractivity contribution in [2.45, 2.75) is 18.0 Å². The summed E-state index contributed by atoms with van der Waals surface area (Å²) < 4.78 is 13.6.